The van der Waals surface area contributed by atoms with Crippen LogP contribution in [-0.2, 0) is 0 Å². The molecule has 1 rings (SSSR count). The number of benzene rings is 1. The van der Waals surface area contributed by atoms with Crippen molar-refractivity contribution in [1.29, 1.82) is 0 Å². The molecule has 1 aromatic rings. The first-order valence-corrected chi connectivity index (χ1v) is 6.76. The minimum Gasteiger partial charge on any atom is -0.313 e. The van der Waals surface area contributed by atoms with Gasteiger partial charge in [-0.1, -0.05) is 32.0 Å². The van der Waals surface area contributed by atoms with Crippen molar-refractivity contribution in [3.05, 3.63) is 30.3 Å². The zero-order valence-corrected chi connectivity index (χ0v) is 10.5. The molecule has 0 aromatic heterocycles. The summed E-state index contributed by atoms with van der Waals surface area (Å²) in [6.45, 7) is 5.59. The topological polar surface area (TPSA) is 12.0 Å². The lowest BCUT2D eigenvalue weighted by Gasteiger charge is -2.13. The largest absolute Gasteiger partial charge is 0.313 e. The Hall–Kier alpha value is -0.470. The molecule has 0 spiro atoms. The van der Waals surface area contributed by atoms with Gasteiger partial charge in [0.05, 0.1) is 0 Å². The van der Waals surface area contributed by atoms with Crippen molar-refractivity contribution in [2.24, 2.45) is 0 Å². The summed E-state index contributed by atoms with van der Waals surface area (Å²) in [6, 6.07) is 11.3. The number of hydrogen-bond donors (Lipinski definition) is 1. The Morgan fingerprint density at radius 2 is 1.80 bits per heavy atom. The van der Waals surface area contributed by atoms with Gasteiger partial charge in [-0.25, -0.2) is 0 Å². The van der Waals surface area contributed by atoms with Crippen LogP contribution in [0.15, 0.2) is 35.2 Å². The predicted octanol–water partition coefficient (Wildman–Crippen LogP) is 3.56. The minimum absolute atomic E-state index is 0.696. The van der Waals surface area contributed by atoms with Crippen molar-refractivity contribution in [3.63, 3.8) is 0 Å². The summed E-state index contributed by atoms with van der Waals surface area (Å²) < 4.78 is 0. The molecule has 1 aromatic carbocycles. The third kappa shape index (κ3) is 5.24. The SMILES string of the molecule is CCC(CC)NCCSc1ccccc1. The van der Waals surface area contributed by atoms with E-state index < -0.39 is 0 Å². The van der Waals surface area contributed by atoms with Gasteiger partial charge in [-0.3, -0.25) is 0 Å². The van der Waals surface area contributed by atoms with Crippen molar-refractivity contribution < 1.29 is 0 Å². The molecular formula is C13H21NS. The van der Waals surface area contributed by atoms with Crippen LogP contribution < -0.4 is 5.32 Å². The highest BCUT2D eigenvalue weighted by Crippen LogP contribution is 2.15. The number of hydrogen-bond acceptors (Lipinski definition) is 2. The Labute approximate surface area is 97.7 Å². The van der Waals surface area contributed by atoms with Crippen LogP contribution in [0.1, 0.15) is 26.7 Å². The Balaban J connectivity index is 2.12. The lowest BCUT2D eigenvalue weighted by Crippen LogP contribution is -2.29. The van der Waals surface area contributed by atoms with E-state index in [1.54, 1.807) is 0 Å². The van der Waals surface area contributed by atoms with Gasteiger partial charge in [-0.2, -0.15) is 0 Å². The second-order valence-electron chi connectivity index (χ2n) is 3.63. The Morgan fingerprint density at radius 1 is 1.13 bits per heavy atom. The standard InChI is InChI=1S/C13H21NS/c1-3-12(4-2)14-10-11-15-13-8-6-5-7-9-13/h5-9,12,14H,3-4,10-11H2,1-2H3. The van der Waals surface area contributed by atoms with Crippen LogP contribution in [0.4, 0.5) is 0 Å². The van der Waals surface area contributed by atoms with E-state index in [0.717, 1.165) is 12.3 Å². The lowest BCUT2D eigenvalue weighted by molar-refractivity contribution is 0.501. The molecular weight excluding hydrogens is 202 g/mol. The molecule has 0 fully saturated rings. The van der Waals surface area contributed by atoms with Crippen LogP contribution in [0, 0.1) is 0 Å². The summed E-state index contributed by atoms with van der Waals surface area (Å²) in [4.78, 5) is 1.36. The van der Waals surface area contributed by atoms with E-state index in [1.165, 1.54) is 17.7 Å². The van der Waals surface area contributed by atoms with E-state index >= 15 is 0 Å². The zero-order chi connectivity index (χ0) is 10.9. The van der Waals surface area contributed by atoms with Gasteiger partial charge < -0.3 is 5.32 Å². The second-order valence-corrected chi connectivity index (χ2v) is 4.80. The first kappa shape index (κ1) is 12.6. The molecule has 0 aliphatic rings. The van der Waals surface area contributed by atoms with Crippen LogP contribution in [0.3, 0.4) is 0 Å². The summed E-state index contributed by atoms with van der Waals surface area (Å²) in [7, 11) is 0. The average molecular weight is 223 g/mol. The fraction of sp³-hybridized carbons (Fsp3) is 0.538. The van der Waals surface area contributed by atoms with E-state index in [-0.39, 0.29) is 0 Å². The molecule has 84 valence electrons. The molecule has 0 saturated heterocycles. The number of rotatable bonds is 7. The molecule has 0 heterocycles. The molecule has 0 unspecified atom stereocenters. The van der Waals surface area contributed by atoms with Crippen molar-refractivity contribution >= 4 is 11.8 Å². The fourth-order valence-corrected chi connectivity index (χ4v) is 2.33. The summed E-state index contributed by atoms with van der Waals surface area (Å²) >= 11 is 1.92. The maximum Gasteiger partial charge on any atom is 0.0106 e. The highest BCUT2D eigenvalue weighted by molar-refractivity contribution is 7.99. The van der Waals surface area contributed by atoms with E-state index in [0.29, 0.717) is 6.04 Å². The molecule has 0 amide bonds. The van der Waals surface area contributed by atoms with Crippen molar-refractivity contribution in [1.82, 2.24) is 5.32 Å². The molecule has 1 N–H and O–H groups in total. The molecule has 0 saturated carbocycles. The Morgan fingerprint density at radius 3 is 2.40 bits per heavy atom. The fourth-order valence-electron chi connectivity index (χ4n) is 1.53. The monoisotopic (exact) mass is 223 g/mol. The van der Waals surface area contributed by atoms with Crippen LogP contribution in [0.2, 0.25) is 0 Å². The van der Waals surface area contributed by atoms with E-state index in [4.69, 9.17) is 0 Å². The van der Waals surface area contributed by atoms with Gasteiger partial charge in [-0.15, -0.1) is 11.8 Å². The third-order valence-corrected chi connectivity index (χ3v) is 3.55. The highest BCUT2D eigenvalue weighted by Gasteiger charge is 2.00. The summed E-state index contributed by atoms with van der Waals surface area (Å²) in [5, 5.41) is 3.57. The molecule has 0 aliphatic carbocycles. The predicted molar refractivity (Wildman–Crippen MR) is 69.5 cm³/mol. The smallest absolute Gasteiger partial charge is 0.0106 e. The normalized spacial score (nSPS) is 10.9. The van der Waals surface area contributed by atoms with Gasteiger partial charge in [0.1, 0.15) is 0 Å². The first-order chi connectivity index (χ1) is 7.36. The van der Waals surface area contributed by atoms with E-state index in [9.17, 15) is 0 Å². The summed E-state index contributed by atoms with van der Waals surface area (Å²) in [6.07, 6.45) is 2.46. The molecule has 1 nitrogen and oxygen atoms in total. The molecule has 0 radical (unpaired) electrons. The zero-order valence-electron chi connectivity index (χ0n) is 9.70. The average Bonchev–Trinajstić information content (AvgIpc) is 2.31. The Kier molecular flexibility index (Phi) is 6.53. The van der Waals surface area contributed by atoms with Gasteiger partial charge in [0.25, 0.3) is 0 Å². The van der Waals surface area contributed by atoms with Crippen molar-refractivity contribution in [2.75, 3.05) is 12.3 Å². The van der Waals surface area contributed by atoms with E-state index in [2.05, 4.69) is 49.5 Å². The lowest BCUT2D eigenvalue weighted by atomic mass is 10.2. The maximum absolute atomic E-state index is 3.57. The molecule has 0 atom stereocenters. The van der Waals surface area contributed by atoms with Crippen LogP contribution >= 0.6 is 11.8 Å². The molecule has 0 bridgehead atoms. The highest BCUT2D eigenvalue weighted by atomic mass is 32.2. The Bertz CT molecular complexity index is 244. The second kappa shape index (κ2) is 7.77. The third-order valence-electron chi connectivity index (χ3n) is 2.53. The van der Waals surface area contributed by atoms with Crippen molar-refractivity contribution in [2.45, 2.75) is 37.6 Å². The van der Waals surface area contributed by atoms with Gasteiger partial charge >= 0.3 is 0 Å². The number of nitrogens with one attached hydrogen (secondary N) is 1. The van der Waals surface area contributed by atoms with Gasteiger partial charge in [0.15, 0.2) is 0 Å². The first-order valence-electron chi connectivity index (χ1n) is 5.78. The minimum atomic E-state index is 0.696. The van der Waals surface area contributed by atoms with Crippen LogP contribution in [0.25, 0.3) is 0 Å². The van der Waals surface area contributed by atoms with E-state index in [1.807, 2.05) is 11.8 Å². The van der Waals surface area contributed by atoms with Gasteiger partial charge in [-0.05, 0) is 25.0 Å². The molecule has 2 heteroatoms. The summed E-state index contributed by atoms with van der Waals surface area (Å²) in [5.74, 6) is 1.15. The molecule has 15 heavy (non-hydrogen) atoms. The van der Waals surface area contributed by atoms with Gasteiger partial charge in [0, 0.05) is 23.2 Å². The maximum atomic E-state index is 3.57. The van der Waals surface area contributed by atoms with Crippen LogP contribution in [-0.4, -0.2) is 18.3 Å². The quantitative estimate of drug-likeness (QED) is 0.560. The van der Waals surface area contributed by atoms with Crippen molar-refractivity contribution in [3.8, 4) is 0 Å². The van der Waals surface area contributed by atoms with Gasteiger partial charge in [0.2, 0.25) is 0 Å². The summed E-state index contributed by atoms with van der Waals surface area (Å²) in [5.41, 5.74) is 0. The van der Waals surface area contributed by atoms with Crippen LogP contribution in [0.5, 0.6) is 0 Å². The molecule has 0 aliphatic heterocycles. The number of thioether (sulfide) groups is 1.